The minimum absolute atomic E-state index is 0.247. The molecule has 2 rings (SSSR count). The lowest BCUT2D eigenvalue weighted by Crippen LogP contribution is -2.31. The maximum Gasteiger partial charge on any atom is 0.133 e. The molecule has 1 atom stereocenters. The van der Waals surface area contributed by atoms with Gasteiger partial charge in [-0.3, -0.25) is 4.98 Å². The molecule has 1 aromatic carbocycles. The highest BCUT2D eigenvalue weighted by atomic mass is 79.9. The van der Waals surface area contributed by atoms with Crippen LogP contribution in [0.1, 0.15) is 11.3 Å². The summed E-state index contributed by atoms with van der Waals surface area (Å²) in [5.41, 5.74) is 2.11. The number of halogens is 1. The van der Waals surface area contributed by atoms with Crippen LogP contribution in [0.4, 0.5) is 0 Å². The van der Waals surface area contributed by atoms with E-state index in [4.69, 9.17) is 4.74 Å². The molecular formula is C16H19BrN2O2. The summed E-state index contributed by atoms with van der Waals surface area (Å²) in [7, 11) is 0. The van der Waals surface area contributed by atoms with Crippen molar-refractivity contribution in [3.63, 3.8) is 0 Å². The average Bonchev–Trinajstić information content (AvgIpc) is 2.47. The Bertz CT molecular complexity index is 563. The molecule has 0 saturated carbocycles. The summed E-state index contributed by atoms with van der Waals surface area (Å²) in [6.07, 6.45) is 1.19. The number of ether oxygens (including phenoxy) is 1. The molecule has 1 unspecified atom stereocenters. The largest absolute Gasteiger partial charge is 0.490 e. The van der Waals surface area contributed by atoms with E-state index in [2.05, 4.69) is 26.2 Å². The first-order chi connectivity index (χ1) is 10.1. The number of nitrogens with zero attached hydrogens (tertiary/aromatic N) is 1. The maximum atomic E-state index is 9.91. The van der Waals surface area contributed by atoms with Crippen molar-refractivity contribution < 1.29 is 9.84 Å². The molecule has 2 aromatic rings. The molecule has 0 saturated heterocycles. The minimum atomic E-state index is -0.568. The van der Waals surface area contributed by atoms with Gasteiger partial charge in [-0.05, 0) is 52.7 Å². The Morgan fingerprint density at radius 2 is 2.19 bits per heavy atom. The van der Waals surface area contributed by atoms with Gasteiger partial charge in [-0.15, -0.1) is 0 Å². The number of hydrogen-bond donors (Lipinski definition) is 2. The van der Waals surface area contributed by atoms with Crippen molar-refractivity contribution >= 4 is 15.9 Å². The fraction of sp³-hybridized carbons (Fsp3) is 0.312. The molecule has 0 aliphatic heterocycles. The number of pyridine rings is 1. The summed E-state index contributed by atoms with van der Waals surface area (Å²) in [6, 6.07) is 11.6. The lowest BCUT2D eigenvalue weighted by Gasteiger charge is -2.14. The molecule has 0 fully saturated rings. The summed E-state index contributed by atoms with van der Waals surface area (Å²) in [4.78, 5) is 4.21. The van der Waals surface area contributed by atoms with Crippen LogP contribution in [0, 0.1) is 6.92 Å². The number of nitrogens with one attached hydrogen (secondary N) is 1. The van der Waals surface area contributed by atoms with E-state index in [1.165, 1.54) is 0 Å². The highest BCUT2D eigenvalue weighted by Crippen LogP contribution is 2.25. The number of aryl methyl sites for hydroxylation is 1. The summed E-state index contributed by atoms with van der Waals surface area (Å²) in [6.45, 7) is 3.36. The lowest BCUT2D eigenvalue weighted by molar-refractivity contribution is 0.105. The fourth-order valence-corrected chi connectivity index (χ4v) is 2.45. The van der Waals surface area contributed by atoms with E-state index in [0.29, 0.717) is 13.1 Å². The molecule has 0 spiro atoms. The highest BCUT2D eigenvalue weighted by molar-refractivity contribution is 9.10. The van der Waals surface area contributed by atoms with Crippen LogP contribution < -0.4 is 10.1 Å². The second-order valence-electron chi connectivity index (χ2n) is 4.85. The third-order valence-electron chi connectivity index (χ3n) is 2.93. The van der Waals surface area contributed by atoms with E-state index in [1.807, 2.05) is 43.3 Å². The molecule has 0 bridgehead atoms. The minimum Gasteiger partial charge on any atom is -0.490 e. The number of hydrogen-bond acceptors (Lipinski definition) is 4. The van der Waals surface area contributed by atoms with Gasteiger partial charge in [-0.25, -0.2) is 0 Å². The third-order valence-corrected chi connectivity index (χ3v) is 3.55. The normalized spacial score (nSPS) is 12.1. The number of aliphatic hydroxyl groups excluding tert-OH is 1. The molecule has 0 aliphatic carbocycles. The Morgan fingerprint density at radius 1 is 1.33 bits per heavy atom. The van der Waals surface area contributed by atoms with E-state index in [9.17, 15) is 5.11 Å². The first-order valence-electron chi connectivity index (χ1n) is 6.83. The van der Waals surface area contributed by atoms with Gasteiger partial charge in [0.25, 0.3) is 0 Å². The van der Waals surface area contributed by atoms with Crippen LogP contribution in [-0.4, -0.2) is 29.3 Å². The van der Waals surface area contributed by atoms with Gasteiger partial charge in [0.05, 0.1) is 10.2 Å². The highest BCUT2D eigenvalue weighted by Gasteiger charge is 2.07. The van der Waals surface area contributed by atoms with Gasteiger partial charge in [0, 0.05) is 19.3 Å². The monoisotopic (exact) mass is 350 g/mol. The Balaban J connectivity index is 1.71. The molecule has 0 radical (unpaired) electrons. The molecule has 5 heteroatoms. The quantitative estimate of drug-likeness (QED) is 0.805. The number of aliphatic hydroxyl groups is 1. The van der Waals surface area contributed by atoms with Crippen LogP contribution in [0.15, 0.2) is 47.1 Å². The summed E-state index contributed by atoms with van der Waals surface area (Å²) >= 11 is 3.45. The number of rotatable bonds is 7. The van der Waals surface area contributed by atoms with E-state index < -0.39 is 6.10 Å². The van der Waals surface area contributed by atoms with Crippen molar-refractivity contribution in [3.8, 4) is 5.75 Å². The molecule has 2 N–H and O–H groups in total. The van der Waals surface area contributed by atoms with Crippen molar-refractivity contribution in [3.05, 3.63) is 58.3 Å². The molecule has 1 aromatic heterocycles. The predicted molar refractivity (Wildman–Crippen MR) is 86.3 cm³/mol. The van der Waals surface area contributed by atoms with Crippen molar-refractivity contribution in [1.29, 1.82) is 0 Å². The summed E-state index contributed by atoms with van der Waals surface area (Å²) < 4.78 is 6.50. The van der Waals surface area contributed by atoms with Crippen molar-refractivity contribution in [2.45, 2.75) is 19.6 Å². The van der Waals surface area contributed by atoms with Gasteiger partial charge in [0.2, 0.25) is 0 Å². The second kappa shape index (κ2) is 8.12. The van der Waals surface area contributed by atoms with Gasteiger partial charge in [0.15, 0.2) is 0 Å². The maximum absolute atomic E-state index is 9.91. The molecular weight excluding hydrogens is 332 g/mol. The predicted octanol–water partition coefficient (Wildman–Crippen LogP) is 2.68. The van der Waals surface area contributed by atoms with Crippen molar-refractivity contribution in [2.24, 2.45) is 0 Å². The molecule has 112 valence electrons. The first-order valence-corrected chi connectivity index (χ1v) is 7.62. The van der Waals surface area contributed by atoms with Crippen LogP contribution in [0.25, 0.3) is 0 Å². The zero-order valence-electron chi connectivity index (χ0n) is 11.9. The van der Waals surface area contributed by atoms with Gasteiger partial charge in [-0.2, -0.15) is 0 Å². The second-order valence-corrected chi connectivity index (χ2v) is 5.71. The third kappa shape index (κ3) is 5.46. The Hall–Kier alpha value is -1.43. The zero-order chi connectivity index (χ0) is 15.1. The standard InChI is InChI=1S/C16H19BrN2O2/c1-12-5-6-16(15(17)8-12)21-11-14(20)10-18-9-13-4-2-3-7-19-13/h2-8,14,18,20H,9-11H2,1H3. The van der Waals surface area contributed by atoms with E-state index in [-0.39, 0.29) is 6.61 Å². The van der Waals surface area contributed by atoms with Gasteiger partial charge >= 0.3 is 0 Å². The van der Waals surface area contributed by atoms with E-state index >= 15 is 0 Å². The van der Waals surface area contributed by atoms with Crippen LogP contribution >= 0.6 is 15.9 Å². The summed E-state index contributed by atoms with van der Waals surface area (Å²) in [5, 5.41) is 13.1. The van der Waals surface area contributed by atoms with E-state index in [1.54, 1.807) is 6.20 Å². The van der Waals surface area contributed by atoms with Gasteiger partial charge in [-0.1, -0.05) is 12.1 Å². The van der Waals surface area contributed by atoms with Crippen molar-refractivity contribution in [2.75, 3.05) is 13.2 Å². The first kappa shape index (κ1) is 15.9. The molecule has 21 heavy (non-hydrogen) atoms. The van der Waals surface area contributed by atoms with Crippen molar-refractivity contribution in [1.82, 2.24) is 10.3 Å². The van der Waals surface area contributed by atoms with Crippen LogP contribution in [0.2, 0.25) is 0 Å². The van der Waals surface area contributed by atoms with Gasteiger partial charge in [0.1, 0.15) is 18.5 Å². The molecule has 0 aliphatic rings. The van der Waals surface area contributed by atoms with E-state index in [0.717, 1.165) is 21.5 Å². The van der Waals surface area contributed by atoms with Gasteiger partial charge < -0.3 is 15.2 Å². The summed E-state index contributed by atoms with van der Waals surface area (Å²) in [5.74, 6) is 0.740. The van der Waals surface area contributed by atoms with Crippen LogP contribution in [-0.2, 0) is 6.54 Å². The topological polar surface area (TPSA) is 54.4 Å². The lowest BCUT2D eigenvalue weighted by atomic mass is 10.2. The Labute approximate surface area is 133 Å². The zero-order valence-corrected chi connectivity index (χ0v) is 13.5. The smallest absolute Gasteiger partial charge is 0.133 e. The Kier molecular flexibility index (Phi) is 6.17. The SMILES string of the molecule is Cc1ccc(OCC(O)CNCc2ccccn2)c(Br)c1. The Morgan fingerprint density at radius 3 is 2.90 bits per heavy atom. The molecule has 0 amide bonds. The number of aromatic nitrogens is 1. The fourth-order valence-electron chi connectivity index (χ4n) is 1.84. The van der Waals surface area contributed by atoms with Crippen LogP contribution in [0.3, 0.4) is 0 Å². The molecule has 4 nitrogen and oxygen atoms in total. The molecule has 1 heterocycles. The number of benzene rings is 1. The van der Waals surface area contributed by atoms with Crippen LogP contribution in [0.5, 0.6) is 5.75 Å². The average molecular weight is 351 g/mol.